The molecule has 0 atom stereocenters. The summed E-state index contributed by atoms with van der Waals surface area (Å²) >= 11 is 5.94. The molecule has 0 aliphatic carbocycles. The SMILES string of the molecule is O=S(=O)(Cl)c1ccc(Cl)c2ccccc12. The summed E-state index contributed by atoms with van der Waals surface area (Å²) in [7, 11) is 1.59. The van der Waals surface area contributed by atoms with Gasteiger partial charge >= 0.3 is 0 Å². The summed E-state index contributed by atoms with van der Waals surface area (Å²) in [6.07, 6.45) is 0. The summed E-state index contributed by atoms with van der Waals surface area (Å²) < 4.78 is 22.6. The molecule has 0 aliphatic rings. The molecule has 0 bridgehead atoms. The van der Waals surface area contributed by atoms with Crippen molar-refractivity contribution in [3.8, 4) is 0 Å². The van der Waals surface area contributed by atoms with Gasteiger partial charge in [-0.15, -0.1) is 0 Å². The second-order valence-corrected chi connectivity index (χ2v) is 5.97. The number of fused-ring (bicyclic) bond motifs is 1. The van der Waals surface area contributed by atoms with E-state index >= 15 is 0 Å². The van der Waals surface area contributed by atoms with Crippen molar-refractivity contribution in [2.75, 3.05) is 0 Å². The van der Waals surface area contributed by atoms with Crippen molar-refractivity contribution in [3.63, 3.8) is 0 Å². The van der Waals surface area contributed by atoms with Crippen LogP contribution < -0.4 is 0 Å². The molecular formula is C10H6Cl2O2S. The Labute approximate surface area is 96.8 Å². The van der Waals surface area contributed by atoms with E-state index < -0.39 is 9.05 Å². The minimum atomic E-state index is -3.73. The van der Waals surface area contributed by atoms with Crippen LogP contribution in [-0.4, -0.2) is 8.42 Å². The van der Waals surface area contributed by atoms with E-state index in [-0.39, 0.29) is 4.90 Å². The summed E-state index contributed by atoms with van der Waals surface area (Å²) in [6, 6.07) is 9.90. The van der Waals surface area contributed by atoms with Gasteiger partial charge in [-0.25, -0.2) is 8.42 Å². The fourth-order valence-corrected chi connectivity index (χ4v) is 2.75. The summed E-state index contributed by atoms with van der Waals surface area (Å²) in [5.41, 5.74) is 0. The molecule has 15 heavy (non-hydrogen) atoms. The third-order valence-electron chi connectivity index (χ3n) is 2.09. The molecule has 0 aromatic heterocycles. The van der Waals surface area contributed by atoms with E-state index in [1.807, 2.05) is 0 Å². The lowest BCUT2D eigenvalue weighted by Crippen LogP contribution is -1.92. The Morgan fingerprint density at radius 1 is 0.933 bits per heavy atom. The lowest BCUT2D eigenvalue weighted by molar-refractivity contribution is 0.610. The highest BCUT2D eigenvalue weighted by Gasteiger charge is 2.14. The van der Waals surface area contributed by atoms with Crippen LogP contribution in [0.1, 0.15) is 0 Å². The minimum Gasteiger partial charge on any atom is -0.207 e. The van der Waals surface area contributed by atoms with Gasteiger partial charge in [0.1, 0.15) is 0 Å². The summed E-state index contributed by atoms with van der Waals surface area (Å²) in [4.78, 5) is 0.0872. The number of hydrogen-bond acceptors (Lipinski definition) is 2. The van der Waals surface area contributed by atoms with Gasteiger partial charge < -0.3 is 0 Å². The molecule has 0 amide bonds. The van der Waals surface area contributed by atoms with E-state index in [9.17, 15) is 8.42 Å². The van der Waals surface area contributed by atoms with Gasteiger partial charge in [0.2, 0.25) is 0 Å². The second kappa shape index (κ2) is 3.67. The first-order valence-corrected chi connectivity index (χ1v) is 6.81. The molecule has 78 valence electrons. The van der Waals surface area contributed by atoms with Gasteiger partial charge in [0.05, 0.1) is 4.90 Å². The van der Waals surface area contributed by atoms with E-state index in [0.29, 0.717) is 15.8 Å². The molecule has 0 aliphatic heterocycles. The van der Waals surface area contributed by atoms with Crippen molar-refractivity contribution >= 4 is 42.1 Å². The van der Waals surface area contributed by atoms with Gasteiger partial charge in [-0.05, 0) is 12.1 Å². The molecule has 0 N–H and O–H groups in total. The molecule has 0 unspecified atom stereocenters. The molecule has 0 fully saturated rings. The van der Waals surface area contributed by atoms with Crippen molar-refractivity contribution < 1.29 is 8.42 Å². The Morgan fingerprint density at radius 2 is 1.53 bits per heavy atom. The lowest BCUT2D eigenvalue weighted by Gasteiger charge is -2.04. The van der Waals surface area contributed by atoms with Crippen LogP contribution in [0.2, 0.25) is 5.02 Å². The van der Waals surface area contributed by atoms with Crippen LogP contribution >= 0.6 is 22.3 Å². The monoisotopic (exact) mass is 260 g/mol. The van der Waals surface area contributed by atoms with Crippen molar-refractivity contribution in [2.45, 2.75) is 4.90 Å². The molecule has 0 saturated carbocycles. The van der Waals surface area contributed by atoms with E-state index in [0.717, 1.165) is 0 Å². The standard InChI is InChI=1S/C10H6Cl2O2S/c11-9-5-6-10(15(12,13)14)8-4-2-1-3-7(8)9/h1-6H. The van der Waals surface area contributed by atoms with Crippen LogP contribution in [0.25, 0.3) is 10.8 Å². The molecule has 0 heterocycles. The Bertz CT molecular complexity index is 620. The average molecular weight is 261 g/mol. The highest BCUT2D eigenvalue weighted by Crippen LogP contribution is 2.30. The van der Waals surface area contributed by atoms with Crippen molar-refractivity contribution in [1.82, 2.24) is 0 Å². The fourth-order valence-electron chi connectivity index (χ4n) is 1.45. The third-order valence-corrected chi connectivity index (χ3v) is 3.80. The predicted molar refractivity (Wildman–Crippen MR) is 62.0 cm³/mol. The maximum absolute atomic E-state index is 11.3. The predicted octanol–water partition coefficient (Wildman–Crippen LogP) is 3.42. The van der Waals surface area contributed by atoms with Gasteiger partial charge in [-0.3, -0.25) is 0 Å². The summed E-state index contributed by atoms with van der Waals surface area (Å²) in [5, 5.41) is 1.73. The van der Waals surface area contributed by atoms with Gasteiger partial charge in [-0.1, -0.05) is 35.9 Å². The molecule has 0 spiro atoms. The van der Waals surface area contributed by atoms with Gasteiger partial charge in [0.25, 0.3) is 9.05 Å². The molecule has 0 radical (unpaired) electrons. The molecular weight excluding hydrogens is 255 g/mol. The lowest BCUT2D eigenvalue weighted by atomic mass is 10.1. The topological polar surface area (TPSA) is 34.1 Å². The van der Waals surface area contributed by atoms with Crippen molar-refractivity contribution in [3.05, 3.63) is 41.4 Å². The second-order valence-electron chi connectivity index (χ2n) is 3.03. The van der Waals surface area contributed by atoms with E-state index in [2.05, 4.69) is 0 Å². The Morgan fingerprint density at radius 3 is 2.13 bits per heavy atom. The quantitative estimate of drug-likeness (QED) is 0.737. The van der Waals surface area contributed by atoms with Gasteiger partial charge in [0.15, 0.2) is 0 Å². The number of rotatable bonds is 1. The Hall–Kier alpha value is -0.770. The highest BCUT2D eigenvalue weighted by molar-refractivity contribution is 8.14. The van der Waals surface area contributed by atoms with Crippen LogP contribution in [0.5, 0.6) is 0 Å². The van der Waals surface area contributed by atoms with E-state index in [4.69, 9.17) is 22.3 Å². The van der Waals surface area contributed by atoms with Crippen molar-refractivity contribution in [2.24, 2.45) is 0 Å². The van der Waals surface area contributed by atoms with Crippen LogP contribution in [0, 0.1) is 0 Å². The maximum Gasteiger partial charge on any atom is 0.261 e. The first-order chi connectivity index (χ1) is 7.00. The zero-order chi connectivity index (χ0) is 11.1. The Balaban J connectivity index is 2.96. The average Bonchev–Trinajstić information content (AvgIpc) is 2.17. The van der Waals surface area contributed by atoms with Crippen LogP contribution in [0.3, 0.4) is 0 Å². The molecule has 0 saturated heterocycles. The number of benzene rings is 2. The molecule has 2 aromatic carbocycles. The largest absolute Gasteiger partial charge is 0.261 e. The smallest absolute Gasteiger partial charge is 0.207 e. The number of hydrogen-bond donors (Lipinski definition) is 0. The minimum absolute atomic E-state index is 0.0872. The normalized spacial score (nSPS) is 11.9. The molecule has 2 rings (SSSR count). The zero-order valence-electron chi connectivity index (χ0n) is 7.44. The molecule has 2 aromatic rings. The van der Waals surface area contributed by atoms with E-state index in [1.54, 1.807) is 24.3 Å². The van der Waals surface area contributed by atoms with Crippen molar-refractivity contribution in [1.29, 1.82) is 0 Å². The van der Waals surface area contributed by atoms with Gasteiger partial charge in [-0.2, -0.15) is 0 Å². The highest BCUT2D eigenvalue weighted by atomic mass is 35.7. The third kappa shape index (κ3) is 1.95. The van der Waals surface area contributed by atoms with E-state index in [1.165, 1.54) is 12.1 Å². The summed E-state index contributed by atoms with van der Waals surface area (Å²) in [5.74, 6) is 0. The summed E-state index contributed by atoms with van der Waals surface area (Å²) in [6.45, 7) is 0. The maximum atomic E-state index is 11.3. The fraction of sp³-hybridized carbons (Fsp3) is 0. The first kappa shape index (κ1) is 10.7. The zero-order valence-corrected chi connectivity index (χ0v) is 9.77. The van der Waals surface area contributed by atoms with Crippen LogP contribution in [0.4, 0.5) is 0 Å². The first-order valence-electron chi connectivity index (χ1n) is 4.12. The Kier molecular flexibility index (Phi) is 2.63. The molecule has 5 heteroatoms. The van der Waals surface area contributed by atoms with Crippen LogP contribution in [0.15, 0.2) is 41.3 Å². The number of halogens is 2. The van der Waals surface area contributed by atoms with Crippen LogP contribution in [-0.2, 0) is 9.05 Å². The molecule has 2 nitrogen and oxygen atoms in total. The van der Waals surface area contributed by atoms with Gasteiger partial charge in [0, 0.05) is 26.5 Å².